The Kier molecular flexibility index (Phi) is 19.8. The minimum Gasteiger partial charge on any atom is -0.308 e. The molecule has 698 valence electrons. The fourth-order valence-corrected chi connectivity index (χ4v) is 38.7. The van der Waals surface area contributed by atoms with Gasteiger partial charge in [0.2, 0.25) is 0 Å². The van der Waals surface area contributed by atoms with E-state index in [0.717, 1.165) is 168 Å². The van der Waals surface area contributed by atoms with Gasteiger partial charge in [-0.05, 0) is 455 Å². The summed E-state index contributed by atoms with van der Waals surface area (Å²) in [6.45, 7) is 9.41. The quantitative estimate of drug-likeness (QED) is 0.0228. The Balaban J connectivity index is 0.648. The van der Waals surface area contributed by atoms with E-state index in [1.807, 2.05) is 17.3 Å². The molecule has 14 fully saturated rings. The maximum Gasteiger partial charge on any atom is 0.150 e. The molecule has 0 radical (unpaired) electrons. The third-order valence-corrected chi connectivity index (χ3v) is 44.9. The van der Waals surface area contributed by atoms with E-state index in [0.29, 0.717) is 11.8 Å². The van der Waals surface area contributed by atoms with Crippen LogP contribution in [0.5, 0.6) is 0 Å². The van der Waals surface area contributed by atoms with Crippen LogP contribution in [0.1, 0.15) is 320 Å². The second kappa shape index (κ2) is 32.4. The van der Waals surface area contributed by atoms with Gasteiger partial charge in [-0.3, -0.25) is 4.79 Å². The van der Waals surface area contributed by atoms with Gasteiger partial charge in [0, 0.05) is 21.0 Å². The molecule has 2 nitrogen and oxygen atoms in total. The molecule has 11 aromatic carbocycles. The third-order valence-electron chi connectivity index (χ3n) is 43.8. The van der Waals surface area contributed by atoms with E-state index < -0.39 is 10.8 Å². The minimum absolute atomic E-state index is 0.670. The molecular formula is C135H141NOS. The second-order valence-corrected chi connectivity index (χ2v) is 49.9. The molecule has 0 aromatic heterocycles. The zero-order valence-electron chi connectivity index (χ0n) is 82.5. The summed E-state index contributed by atoms with van der Waals surface area (Å²) in [5, 5.41) is 0. The lowest BCUT2D eigenvalue weighted by Crippen LogP contribution is -2.87. The number of unbranched alkanes of at least 4 members (excludes halogenated alkanes) is 20. The van der Waals surface area contributed by atoms with Crippen molar-refractivity contribution in [3.63, 3.8) is 0 Å². The van der Waals surface area contributed by atoms with Crippen LogP contribution in [0.3, 0.4) is 0 Å². The van der Waals surface area contributed by atoms with E-state index in [1.165, 1.54) is 359 Å². The van der Waals surface area contributed by atoms with Crippen molar-refractivity contribution in [2.45, 2.75) is 267 Å². The maximum atomic E-state index is 13.6. The molecule has 11 aromatic rings. The van der Waals surface area contributed by atoms with Gasteiger partial charge in [-0.25, -0.2) is 0 Å². The molecular weight excluding hydrogens is 1680 g/mol. The van der Waals surface area contributed by atoms with Crippen LogP contribution in [0.25, 0.3) is 55.7 Å². The number of hydrogen-bond acceptors (Lipinski definition) is 3. The number of aryl methyl sites for hydroxylation is 4. The second-order valence-electron chi connectivity index (χ2n) is 48.9. The molecule has 14 saturated carbocycles. The highest BCUT2D eigenvalue weighted by molar-refractivity contribution is 7.99. The number of carbonyl (C=O) groups excluding carboxylic acids is 1. The summed E-state index contributed by atoms with van der Waals surface area (Å²) in [4.78, 5) is 18.8. The third kappa shape index (κ3) is 11.4. The first-order valence-electron chi connectivity index (χ1n) is 57.1. The Morgan fingerprint density at radius 1 is 0.275 bits per heavy atom. The number of benzene rings is 11. The molecule has 138 heavy (non-hydrogen) atoms. The van der Waals surface area contributed by atoms with Gasteiger partial charge in [0.25, 0.3) is 0 Å². The van der Waals surface area contributed by atoms with E-state index >= 15 is 0 Å². The van der Waals surface area contributed by atoms with Gasteiger partial charge in [-0.1, -0.05) is 319 Å². The number of para-hydroxylation sites is 2. The van der Waals surface area contributed by atoms with Crippen LogP contribution in [-0.4, -0.2) is 6.29 Å². The van der Waals surface area contributed by atoms with Crippen LogP contribution < -0.4 is 4.90 Å². The minimum atomic E-state index is -0.720. The summed E-state index contributed by atoms with van der Waals surface area (Å²) < 4.78 is 0. The van der Waals surface area contributed by atoms with Crippen LogP contribution in [0.2, 0.25) is 0 Å². The number of hydrogen-bond donors (Lipinski definition) is 0. The fourth-order valence-electron chi connectivity index (χ4n) is 37.6. The van der Waals surface area contributed by atoms with Gasteiger partial charge in [-0.2, -0.15) is 0 Å². The Morgan fingerprint density at radius 3 is 0.935 bits per heavy atom. The molecule has 24 unspecified atom stereocenters. The zero-order chi connectivity index (χ0) is 91.0. The van der Waals surface area contributed by atoms with E-state index in [-0.39, 0.29) is 0 Å². The molecule has 1 heterocycles. The highest BCUT2D eigenvalue weighted by Gasteiger charge is 2.89. The predicted molar refractivity (Wildman–Crippen MR) is 568 cm³/mol. The van der Waals surface area contributed by atoms with Gasteiger partial charge in [0.05, 0.1) is 22.2 Å². The molecule has 1 aliphatic heterocycles. The standard InChI is InChI=1S/C135H141NOS/c1-5-9-13-17-21-25-33-76-41-50-81(51-42-76)134(82-52-43-77(44-53-82)34-26-22-18-14-10-6-2)106-71-92-86-59-49-80(75-137)65-98(86)114(102-69-104-116(102)124-122(104)130-126-118-88-61-63-90(88)120(118)128(126)132(124)130)100(92)67-94(106)96-73-109-97(74-108(96)134)95-68-101-93(72-107(95)135(109,83-54-45-78(46-55-83)35-27-23-19-15-11-7-3)84-56-47-79(48-57-84)36-28-24-20-16-12-8-4)87-60-58-85(136-110-37-29-31-39-112(110)138-113-40-32-30-38-111(113)136)66-99(87)115(101)103-70-105-117(103)125-123(105)131-127-119-89-62-64-91(89)121(119)129(127)133(125)131/h29-32,37-60,65-68,71-75,88-91,104-105,116-133H,5-28,33-36,61-64,69-70H2,1-4H3/b114-102-,115-103-. The summed E-state index contributed by atoms with van der Waals surface area (Å²) in [6, 6.07) is 92.5. The molecule has 3 heteroatoms. The average molecular weight is 1830 g/mol. The van der Waals surface area contributed by atoms with Crippen LogP contribution in [0.4, 0.5) is 17.1 Å². The number of fused-ring (bicyclic) bond motifs is 46. The molecule has 0 spiro atoms. The number of carbonyl (C=O) groups is 1. The first-order valence-corrected chi connectivity index (χ1v) is 57.9. The van der Waals surface area contributed by atoms with Crippen molar-refractivity contribution in [2.75, 3.05) is 4.90 Å². The fraction of sp³-hybridized carbons (Fsp3) is 0.474. The Hall–Kier alpha value is -9.28. The van der Waals surface area contributed by atoms with E-state index in [4.69, 9.17) is 0 Å². The van der Waals surface area contributed by atoms with Crippen molar-refractivity contribution < 1.29 is 4.79 Å². The molecule has 30 rings (SSSR count). The van der Waals surface area contributed by atoms with E-state index in [9.17, 15) is 4.79 Å². The van der Waals surface area contributed by atoms with Crippen LogP contribution in [0.15, 0.2) is 239 Å². The molecule has 0 N–H and O–H groups in total. The molecule has 24 atom stereocenters. The van der Waals surface area contributed by atoms with Crippen molar-refractivity contribution in [1.29, 1.82) is 0 Å². The maximum absolute atomic E-state index is 13.6. The summed E-state index contributed by atoms with van der Waals surface area (Å²) >= 11 is 1.93. The topological polar surface area (TPSA) is 20.3 Å². The Morgan fingerprint density at radius 2 is 0.580 bits per heavy atom. The van der Waals surface area contributed by atoms with Gasteiger partial charge in [0.15, 0.2) is 0 Å². The number of rotatable bonds is 34. The van der Waals surface area contributed by atoms with Gasteiger partial charge in [0.1, 0.15) is 6.29 Å². The monoisotopic (exact) mass is 1820 g/mol. The van der Waals surface area contributed by atoms with Crippen molar-refractivity contribution in [3.05, 3.63) is 324 Å². The van der Waals surface area contributed by atoms with Gasteiger partial charge < -0.3 is 4.90 Å². The molecule has 0 saturated heterocycles. The molecule has 19 aliphatic rings. The summed E-state index contributed by atoms with van der Waals surface area (Å²) in [5.41, 5.74) is 43.8. The van der Waals surface area contributed by atoms with Crippen LogP contribution in [0, 0.1) is 142 Å². The lowest BCUT2D eigenvalue weighted by Gasteiger charge is -2.91. The Labute approximate surface area is 827 Å². The van der Waals surface area contributed by atoms with Crippen LogP contribution >= 0.6 is 11.8 Å². The van der Waals surface area contributed by atoms with Gasteiger partial charge >= 0.3 is 0 Å². The number of allylic oxidation sites excluding steroid dienone is 2. The summed E-state index contributed by atoms with van der Waals surface area (Å²) in [5.74, 6) is 23.3. The zero-order valence-corrected chi connectivity index (χ0v) is 83.3. The number of aldehydes is 1. The first-order chi connectivity index (χ1) is 68.3. The highest BCUT2D eigenvalue weighted by atomic mass is 32.2. The van der Waals surface area contributed by atoms with Crippen molar-refractivity contribution >= 4 is 46.3 Å². The summed E-state index contributed by atoms with van der Waals surface area (Å²) in [7, 11) is 0. The predicted octanol–water partition coefficient (Wildman–Crippen LogP) is 34.7. The Bertz CT molecular complexity index is 6690. The van der Waals surface area contributed by atoms with E-state index in [1.54, 1.807) is 11.1 Å². The van der Waals surface area contributed by atoms with Crippen LogP contribution in [-0.2, 0) is 36.5 Å². The van der Waals surface area contributed by atoms with Gasteiger partial charge in [-0.15, -0.1) is 0 Å². The average Bonchev–Trinajstić information content (AvgIpc) is 0.662. The summed E-state index contributed by atoms with van der Waals surface area (Å²) in [6.07, 6.45) is 45.2. The van der Waals surface area contributed by atoms with Crippen molar-refractivity contribution in [1.82, 2.24) is 0 Å². The number of nitrogens with zero attached hydrogens (tertiary/aromatic N) is 1. The smallest absolute Gasteiger partial charge is 0.150 e. The van der Waals surface area contributed by atoms with E-state index in [2.05, 4.69) is 251 Å². The lowest BCUT2D eigenvalue weighted by molar-refractivity contribution is -0.434. The highest BCUT2D eigenvalue weighted by Crippen LogP contribution is 2.93. The van der Waals surface area contributed by atoms with Crippen molar-refractivity contribution in [3.8, 4) is 44.5 Å². The molecule has 0 bridgehead atoms. The lowest BCUT2D eigenvalue weighted by atomic mass is 9.13. The van der Waals surface area contributed by atoms with Crippen molar-refractivity contribution in [2.24, 2.45) is 142 Å². The largest absolute Gasteiger partial charge is 0.308 e. The first kappa shape index (κ1) is 84.4. The molecule has 0 amide bonds. The normalized spacial score (nSPS) is 32.3. The number of anilines is 3. The SMILES string of the molecule is CCCCCCCCc1ccc(C2(c3ccc(CCCCCCCC)cc3)c3cc4c(cc3-c3cc5c(cc32)-c2cc3c(cc2C5(c2ccc(CCCCCCCC)cc2)c2ccc(CCCCCCCC)cc2)-c2ccc(N5c6ccccc6Sc6ccccc65)cc2/C3=C2\CC3C2C2C3C3C5C6C7CCC7C6C5C23)/C(=C2/CC3C2C2C3C3C5C6C7CCC7C6C5C23)c2cc(C=O)ccc2-4)cc1. The molecule has 18 aliphatic carbocycles.